The molecule has 0 aliphatic rings. The van der Waals surface area contributed by atoms with Crippen LogP contribution in [0.5, 0.6) is 0 Å². The van der Waals surface area contributed by atoms with Crippen LogP contribution in [0.4, 0.5) is 0 Å². The summed E-state index contributed by atoms with van der Waals surface area (Å²) in [5, 5.41) is 0. The van der Waals surface area contributed by atoms with Crippen LogP contribution in [0.25, 0.3) is 0 Å². The van der Waals surface area contributed by atoms with Gasteiger partial charge in [0.15, 0.2) is 0 Å². The summed E-state index contributed by atoms with van der Waals surface area (Å²) in [7, 11) is 3.02. The molecule has 4 nitrogen and oxygen atoms in total. The molecule has 1 unspecified atom stereocenters. The number of esters is 1. The van der Waals surface area contributed by atoms with Gasteiger partial charge in [-0.15, -0.1) is 0 Å². The predicted molar refractivity (Wildman–Crippen MR) is 77.0 cm³/mol. The number of amides is 1. The molecule has 0 saturated carbocycles. The van der Waals surface area contributed by atoms with Crippen molar-refractivity contribution in [2.75, 3.05) is 20.7 Å². The van der Waals surface area contributed by atoms with Gasteiger partial charge in [-0.25, -0.2) is 0 Å². The zero-order valence-electron chi connectivity index (χ0n) is 11.6. The van der Waals surface area contributed by atoms with Crippen LogP contribution in [0, 0.1) is 12.8 Å². The van der Waals surface area contributed by atoms with Crippen LogP contribution in [0.15, 0.2) is 22.7 Å². The molecule has 0 spiro atoms. The number of benzene rings is 1. The van der Waals surface area contributed by atoms with Gasteiger partial charge in [0.05, 0.1) is 13.0 Å². The monoisotopic (exact) mass is 327 g/mol. The van der Waals surface area contributed by atoms with E-state index in [1.54, 1.807) is 26.1 Å². The second-order valence-electron chi connectivity index (χ2n) is 4.57. The normalized spacial score (nSPS) is 11.8. The Morgan fingerprint density at radius 1 is 1.42 bits per heavy atom. The lowest BCUT2D eigenvalue weighted by atomic mass is 10.1. The molecule has 0 heterocycles. The van der Waals surface area contributed by atoms with Gasteiger partial charge in [-0.3, -0.25) is 9.59 Å². The highest BCUT2D eigenvalue weighted by molar-refractivity contribution is 9.10. The van der Waals surface area contributed by atoms with Crippen molar-refractivity contribution in [1.29, 1.82) is 0 Å². The largest absolute Gasteiger partial charge is 0.469 e. The average molecular weight is 328 g/mol. The molecule has 0 saturated heterocycles. The van der Waals surface area contributed by atoms with Gasteiger partial charge >= 0.3 is 5.97 Å². The zero-order chi connectivity index (χ0) is 14.6. The van der Waals surface area contributed by atoms with Crippen LogP contribution in [-0.4, -0.2) is 37.5 Å². The van der Waals surface area contributed by atoms with E-state index in [9.17, 15) is 9.59 Å². The topological polar surface area (TPSA) is 46.6 Å². The number of rotatable bonds is 4. The molecule has 19 heavy (non-hydrogen) atoms. The Labute approximate surface area is 121 Å². The Morgan fingerprint density at radius 3 is 2.58 bits per heavy atom. The molecular weight excluding hydrogens is 310 g/mol. The molecule has 1 rings (SSSR count). The molecule has 0 aromatic heterocycles. The molecule has 0 bridgehead atoms. The Morgan fingerprint density at radius 2 is 2.05 bits per heavy atom. The highest BCUT2D eigenvalue weighted by Crippen LogP contribution is 2.18. The first-order valence-corrected chi connectivity index (χ1v) is 6.75. The lowest BCUT2D eigenvalue weighted by Crippen LogP contribution is -2.34. The SMILES string of the molecule is COC(=O)C(C)CN(C)C(=O)c1ccc(C)c(Br)c1. The number of halogens is 1. The number of carbonyl (C=O) groups is 2. The first-order valence-electron chi connectivity index (χ1n) is 5.96. The molecule has 0 radical (unpaired) electrons. The third kappa shape index (κ3) is 4.06. The summed E-state index contributed by atoms with van der Waals surface area (Å²) >= 11 is 3.40. The third-order valence-corrected chi connectivity index (χ3v) is 3.77. The highest BCUT2D eigenvalue weighted by atomic mass is 79.9. The van der Waals surface area contributed by atoms with Crippen molar-refractivity contribution in [3.63, 3.8) is 0 Å². The smallest absolute Gasteiger partial charge is 0.310 e. The van der Waals surface area contributed by atoms with Crippen LogP contribution in [0.2, 0.25) is 0 Å². The summed E-state index contributed by atoms with van der Waals surface area (Å²) in [4.78, 5) is 25.1. The van der Waals surface area contributed by atoms with E-state index in [0.717, 1.165) is 10.0 Å². The highest BCUT2D eigenvalue weighted by Gasteiger charge is 2.19. The summed E-state index contributed by atoms with van der Waals surface area (Å²) in [5.41, 5.74) is 1.67. The van der Waals surface area contributed by atoms with E-state index < -0.39 is 0 Å². The second-order valence-corrected chi connectivity index (χ2v) is 5.43. The summed E-state index contributed by atoms with van der Waals surface area (Å²) in [6.45, 7) is 4.03. The van der Waals surface area contributed by atoms with Crippen molar-refractivity contribution in [1.82, 2.24) is 4.90 Å². The van der Waals surface area contributed by atoms with Gasteiger partial charge in [-0.1, -0.05) is 28.9 Å². The second kappa shape index (κ2) is 6.70. The number of hydrogen-bond donors (Lipinski definition) is 0. The number of carbonyl (C=O) groups excluding carboxylic acids is 2. The van der Waals surface area contributed by atoms with Crippen molar-refractivity contribution in [3.05, 3.63) is 33.8 Å². The molecule has 5 heteroatoms. The molecule has 0 fully saturated rings. The minimum absolute atomic E-state index is 0.114. The lowest BCUT2D eigenvalue weighted by molar-refractivity contribution is -0.145. The number of aryl methyl sites for hydroxylation is 1. The quantitative estimate of drug-likeness (QED) is 0.799. The molecule has 1 atom stereocenters. The van der Waals surface area contributed by atoms with Gasteiger partial charge in [-0.2, -0.15) is 0 Å². The molecule has 1 aromatic rings. The number of nitrogens with zero attached hydrogens (tertiary/aromatic N) is 1. The van der Waals surface area contributed by atoms with Gasteiger partial charge in [0.1, 0.15) is 0 Å². The molecule has 1 amide bonds. The third-order valence-electron chi connectivity index (χ3n) is 2.92. The molecule has 0 aliphatic carbocycles. The number of methoxy groups -OCH3 is 1. The zero-order valence-corrected chi connectivity index (χ0v) is 13.2. The molecule has 0 N–H and O–H groups in total. The maximum Gasteiger partial charge on any atom is 0.310 e. The van der Waals surface area contributed by atoms with Gasteiger partial charge in [0, 0.05) is 23.6 Å². The minimum atomic E-state index is -0.340. The standard InChI is InChI=1S/C14H18BrNO3/c1-9-5-6-11(7-12(9)15)13(17)16(3)8-10(2)14(18)19-4/h5-7,10H,8H2,1-4H3. The van der Waals surface area contributed by atoms with Crippen molar-refractivity contribution in [2.24, 2.45) is 5.92 Å². The number of hydrogen-bond acceptors (Lipinski definition) is 3. The van der Waals surface area contributed by atoms with Crippen molar-refractivity contribution >= 4 is 27.8 Å². The van der Waals surface area contributed by atoms with E-state index in [0.29, 0.717) is 12.1 Å². The van der Waals surface area contributed by atoms with E-state index in [1.807, 2.05) is 13.0 Å². The van der Waals surface area contributed by atoms with E-state index in [4.69, 9.17) is 0 Å². The Bertz CT molecular complexity index is 488. The van der Waals surface area contributed by atoms with Crippen LogP contribution in [-0.2, 0) is 9.53 Å². The molecule has 0 aliphatic heterocycles. The summed E-state index contributed by atoms with van der Waals surface area (Å²) < 4.78 is 5.54. The Kier molecular flexibility index (Phi) is 5.54. The van der Waals surface area contributed by atoms with Gasteiger partial charge in [0.2, 0.25) is 0 Å². The van der Waals surface area contributed by atoms with Gasteiger partial charge < -0.3 is 9.64 Å². The first-order chi connectivity index (χ1) is 8.86. The maximum absolute atomic E-state index is 12.2. The van der Waals surface area contributed by atoms with E-state index in [1.165, 1.54) is 12.0 Å². The van der Waals surface area contributed by atoms with Gasteiger partial charge in [-0.05, 0) is 24.6 Å². The fourth-order valence-corrected chi connectivity index (χ4v) is 2.09. The van der Waals surface area contributed by atoms with Crippen molar-refractivity contribution in [2.45, 2.75) is 13.8 Å². The predicted octanol–water partition coefficient (Wildman–Crippen LogP) is 2.64. The Hall–Kier alpha value is -1.36. The minimum Gasteiger partial charge on any atom is -0.469 e. The van der Waals surface area contributed by atoms with E-state index >= 15 is 0 Å². The fourth-order valence-electron chi connectivity index (χ4n) is 1.72. The molecular formula is C14H18BrNO3. The van der Waals surface area contributed by atoms with Gasteiger partial charge in [0.25, 0.3) is 5.91 Å². The molecule has 1 aromatic carbocycles. The average Bonchev–Trinajstić information content (AvgIpc) is 2.39. The van der Waals surface area contributed by atoms with Crippen molar-refractivity contribution < 1.29 is 14.3 Å². The van der Waals surface area contributed by atoms with E-state index in [-0.39, 0.29) is 17.8 Å². The van der Waals surface area contributed by atoms with E-state index in [2.05, 4.69) is 20.7 Å². The fraction of sp³-hybridized carbons (Fsp3) is 0.429. The molecule has 104 valence electrons. The van der Waals surface area contributed by atoms with Crippen LogP contribution in [0.3, 0.4) is 0 Å². The summed E-state index contributed by atoms with van der Waals surface area (Å²) in [6.07, 6.45) is 0. The summed E-state index contributed by atoms with van der Waals surface area (Å²) in [5.74, 6) is -0.769. The Balaban J connectivity index is 2.76. The van der Waals surface area contributed by atoms with Crippen LogP contribution < -0.4 is 0 Å². The number of ether oxygens (including phenoxy) is 1. The van der Waals surface area contributed by atoms with Crippen molar-refractivity contribution in [3.8, 4) is 0 Å². The van der Waals surface area contributed by atoms with Crippen LogP contribution >= 0.6 is 15.9 Å². The van der Waals surface area contributed by atoms with Crippen LogP contribution in [0.1, 0.15) is 22.8 Å². The lowest BCUT2D eigenvalue weighted by Gasteiger charge is -2.20. The first kappa shape index (κ1) is 15.7. The maximum atomic E-state index is 12.2. The summed E-state index contributed by atoms with van der Waals surface area (Å²) in [6, 6.07) is 5.45.